The highest BCUT2D eigenvalue weighted by molar-refractivity contribution is 6.28. The third-order valence-electron chi connectivity index (χ3n) is 2.84. The summed E-state index contributed by atoms with van der Waals surface area (Å²) >= 11 is 5.57. The Kier molecular flexibility index (Phi) is 9.16. The number of hydrogen-bond donors (Lipinski definition) is 0. The highest BCUT2D eigenvalue weighted by Gasteiger charge is 1.92. The van der Waals surface area contributed by atoms with E-state index in [4.69, 9.17) is 11.6 Å². The van der Waals surface area contributed by atoms with E-state index in [2.05, 4.69) is 24.8 Å². The average Bonchev–Trinajstić information content (AvgIpc) is 2.59. The number of hydrogen-bond acceptors (Lipinski definition) is 0. The molecule has 0 aromatic heterocycles. The summed E-state index contributed by atoms with van der Waals surface area (Å²) in [5, 5.41) is 0. The van der Waals surface area contributed by atoms with E-state index in [0.717, 1.165) is 11.1 Å². The van der Waals surface area contributed by atoms with Crippen molar-refractivity contribution in [3.8, 4) is 0 Å². The summed E-state index contributed by atoms with van der Waals surface area (Å²) < 4.78 is 0. The third kappa shape index (κ3) is 6.92. The molecule has 0 aliphatic carbocycles. The van der Waals surface area contributed by atoms with Gasteiger partial charge in [-0.05, 0) is 23.6 Å². The molecule has 0 spiro atoms. The molecule has 0 saturated heterocycles. The molecular weight excluding hydrogens is 288 g/mol. The maximum atomic E-state index is 5.57. The van der Waals surface area contributed by atoms with Crippen molar-refractivity contribution in [3.05, 3.63) is 108 Å². The summed E-state index contributed by atoms with van der Waals surface area (Å²) in [7, 11) is 0. The Morgan fingerprint density at radius 3 is 2.00 bits per heavy atom. The van der Waals surface area contributed by atoms with Crippen molar-refractivity contribution in [2.45, 2.75) is 6.92 Å². The maximum Gasteiger partial charge on any atom is 0.0121 e. The van der Waals surface area contributed by atoms with Crippen molar-refractivity contribution in [3.63, 3.8) is 0 Å². The highest BCUT2D eigenvalue weighted by Crippen LogP contribution is 2.15. The normalized spacial score (nSPS) is 11.3. The molecule has 22 heavy (non-hydrogen) atoms. The van der Waals surface area contributed by atoms with E-state index < -0.39 is 0 Å². The first-order chi connectivity index (χ1) is 10.8. The predicted molar refractivity (Wildman–Crippen MR) is 101 cm³/mol. The van der Waals surface area contributed by atoms with Gasteiger partial charge in [0.05, 0.1) is 0 Å². The van der Waals surface area contributed by atoms with Crippen LogP contribution in [0.3, 0.4) is 0 Å². The Hall–Kier alpha value is -2.31. The van der Waals surface area contributed by atoms with Gasteiger partial charge in [-0.3, -0.25) is 0 Å². The molecule has 0 radical (unpaired) electrons. The van der Waals surface area contributed by atoms with Crippen LogP contribution >= 0.6 is 11.6 Å². The summed E-state index contributed by atoms with van der Waals surface area (Å²) in [6, 6.07) is 20.2. The van der Waals surface area contributed by atoms with Crippen molar-refractivity contribution in [2.75, 3.05) is 0 Å². The summed E-state index contributed by atoms with van der Waals surface area (Å²) in [6.07, 6.45) is 9.89. The highest BCUT2D eigenvalue weighted by atomic mass is 35.5. The quantitative estimate of drug-likeness (QED) is 0.549. The SMILES string of the molecule is C=CC(=CCl)c1ccccc1.CC=CC=Cc1ccccc1. The van der Waals surface area contributed by atoms with Crippen LogP contribution in [0.25, 0.3) is 11.6 Å². The lowest BCUT2D eigenvalue weighted by Crippen LogP contribution is -1.76. The van der Waals surface area contributed by atoms with Gasteiger partial charge in [-0.2, -0.15) is 0 Å². The van der Waals surface area contributed by atoms with Crippen LogP contribution in [0, 0.1) is 0 Å². The molecule has 0 fully saturated rings. The fraction of sp³-hybridized carbons (Fsp3) is 0.0476. The van der Waals surface area contributed by atoms with Crippen LogP contribution in [0.15, 0.2) is 97.1 Å². The lowest BCUT2D eigenvalue weighted by Gasteiger charge is -1.97. The molecule has 0 nitrogen and oxygen atoms in total. The van der Waals surface area contributed by atoms with E-state index in [1.54, 1.807) is 6.08 Å². The van der Waals surface area contributed by atoms with Crippen molar-refractivity contribution in [1.29, 1.82) is 0 Å². The van der Waals surface area contributed by atoms with Gasteiger partial charge in [0.1, 0.15) is 0 Å². The van der Waals surface area contributed by atoms with Crippen LogP contribution < -0.4 is 0 Å². The molecule has 0 unspecified atom stereocenters. The zero-order valence-corrected chi connectivity index (χ0v) is 13.6. The molecule has 0 aliphatic heterocycles. The van der Waals surface area contributed by atoms with Gasteiger partial charge in [-0.15, -0.1) is 0 Å². The molecular formula is C21H21Cl. The van der Waals surface area contributed by atoms with Crippen LogP contribution in [-0.2, 0) is 0 Å². The summed E-state index contributed by atoms with van der Waals surface area (Å²) in [5.41, 5.74) is 4.82. The molecule has 0 aliphatic rings. The summed E-state index contributed by atoms with van der Waals surface area (Å²) in [5.74, 6) is 0. The average molecular weight is 309 g/mol. The topological polar surface area (TPSA) is 0 Å². The van der Waals surface area contributed by atoms with Crippen molar-refractivity contribution >= 4 is 23.3 Å². The fourth-order valence-corrected chi connectivity index (χ4v) is 1.91. The molecule has 0 bridgehead atoms. The second kappa shape index (κ2) is 11.4. The van der Waals surface area contributed by atoms with E-state index in [1.165, 1.54) is 11.1 Å². The van der Waals surface area contributed by atoms with Gasteiger partial charge >= 0.3 is 0 Å². The Labute approximate surface area is 138 Å². The van der Waals surface area contributed by atoms with Crippen LogP contribution in [-0.4, -0.2) is 0 Å². The minimum atomic E-state index is 0.951. The molecule has 112 valence electrons. The lowest BCUT2D eigenvalue weighted by atomic mass is 10.1. The van der Waals surface area contributed by atoms with Gasteiger partial charge in [0.2, 0.25) is 0 Å². The van der Waals surface area contributed by atoms with Gasteiger partial charge < -0.3 is 0 Å². The van der Waals surface area contributed by atoms with Crippen LogP contribution in [0.4, 0.5) is 0 Å². The minimum Gasteiger partial charge on any atom is -0.0984 e. The minimum absolute atomic E-state index is 0.951. The van der Waals surface area contributed by atoms with Crippen LogP contribution in [0.2, 0.25) is 0 Å². The number of allylic oxidation sites excluding steroid dienone is 5. The van der Waals surface area contributed by atoms with Crippen molar-refractivity contribution in [2.24, 2.45) is 0 Å². The van der Waals surface area contributed by atoms with E-state index in [-0.39, 0.29) is 0 Å². The molecule has 0 saturated carbocycles. The monoisotopic (exact) mass is 308 g/mol. The zero-order chi connectivity index (χ0) is 16.0. The summed E-state index contributed by atoms with van der Waals surface area (Å²) in [4.78, 5) is 0. The smallest absolute Gasteiger partial charge is 0.0121 e. The number of benzene rings is 2. The largest absolute Gasteiger partial charge is 0.0984 e. The fourth-order valence-electron chi connectivity index (χ4n) is 1.70. The Balaban J connectivity index is 0.000000220. The standard InChI is InChI=1S/C11H12.C10H9Cl/c1-2-3-5-8-11-9-6-4-7-10-11;1-2-9(8-11)10-6-4-3-5-7-10/h2-10H,1H3;2-8H,1H2. The number of rotatable bonds is 4. The first-order valence-electron chi connectivity index (χ1n) is 7.14. The van der Waals surface area contributed by atoms with Gasteiger partial charge in [0.25, 0.3) is 0 Å². The third-order valence-corrected chi connectivity index (χ3v) is 3.07. The predicted octanol–water partition coefficient (Wildman–Crippen LogP) is 6.73. The van der Waals surface area contributed by atoms with Gasteiger partial charge in [-0.25, -0.2) is 0 Å². The van der Waals surface area contributed by atoms with Gasteiger partial charge in [-0.1, -0.05) is 109 Å². The van der Waals surface area contributed by atoms with Crippen LogP contribution in [0.1, 0.15) is 18.1 Å². The first kappa shape index (κ1) is 17.7. The Morgan fingerprint density at radius 1 is 0.909 bits per heavy atom. The van der Waals surface area contributed by atoms with E-state index >= 15 is 0 Å². The molecule has 2 rings (SSSR count). The lowest BCUT2D eigenvalue weighted by molar-refractivity contribution is 1.63. The molecule has 0 heterocycles. The second-order valence-corrected chi connectivity index (χ2v) is 4.65. The molecule has 2 aromatic rings. The molecule has 0 amide bonds. The zero-order valence-electron chi connectivity index (χ0n) is 12.8. The summed E-state index contributed by atoms with van der Waals surface area (Å²) in [6.45, 7) is 5.66. The first-order valence-corrected chi connectivity index (χ1v) is 7.58. The van der Waals surface area contributed by atoms with Gasteiger partial charge in [0, 0.05) is 5.54 Å². The molecule has 2 aromatic carbocycles. The van der Waals surface area contributed by atoms with Crippen molar-refractivity contribution < 1.29 is 0 Å². The van der Waals surface area contributed by atoms with E-state index in [9.17, 15) is 0 Å². The molecule has 0 N–H and O–H groups in total. The van der Waals surface area contributed by atoms with Crippen molar-refractivity contribution in [1.82, 2.24) is 0 Å². The molecule has 0 atom stereocenters. The Morgan fingerprint density at radius 2 is 1.50 bits per heavy atom. The maximum absolute atomic E-state index is 5.57. The van der Waals surface area contributed by atoms with E-state index in [0.29, 0.717) is 0 Å². The van der Waals surface area contributed by atoms with Gasteiger partial charge in [0.15, 0.2) is 0 Å². The number of halogens is 1. The Bertz CT molecular complexity index is 619. The van der Waals surface area contributed by atoms with E-state index in [1.807, 2.05) is 73.7 Å². The molecule has 1 heteroatoms. The second-order valence-electron chi connectivity index (χ2n) is 4.43. The van der Waals surface area contributed by atoms with Crippen LogP contribution in [0.5, 0.6) is 0 Å².